The smallest absolute Gasteiger partial charge is 0.261 e. The largest absolute Gasteiger partial charge is 0.347 e. The SMILES string of the molecule is Cc1cc(C(=O)NCc2cnn(C)c2)sc1Br. The summed E-state index contributed by atoms with van der Waals surface area (Å²) in [7, 11) is 1.85. The summed E-state index contributed by atoms with van der Waals surface area (Å²) in [4.78, 5) is 12.6. The molecule has 1 amide bonds. The van der Waals surface area contributed by atoms with E-state index in [0.29, 0.717) is 6.54 Å². The first-order valence-corrected chi connectivity index (χ1v) is 6.69. The summed E-state index contributed by atoms with van der Waals surface area (Å²) in [6.07, 6.45) is 3.63. The molecule has 2 aromatic heterocycles. The second-order valence-corrected chi connectivity index (χ2v) is 6.14. The predicted molar refractivity (Wildman–Crippen MR) is 71.1 cm³/mol. The summed E-state index contributed by atoms with van der Waals surface area (Å²) in [5, 5.41) is 6.91. The molecule has 90 valence electrons. The van der Waals surface area contributed by atoms with Gasteiger partial charge in [-0.15, -0.1) is 11.3 Å². The molecule has 0 aromatic carbocycles. The van der Waals surface area contributed by atoms with E-state index in [1.807, 2.05) is 26.2 Å². The first kappa shape index (κ1) is 12.3. The van der Waals surface area contributed by atoms with E-state index in [2.05, 4.69) is 26.3 Å². The van der Waals surface area contributed by atoms with E-state index in [-0.39, 0.29) is 5.91 Å². The third-order valence-electron chi connectivity index (χ3n) is 2.29. The van der Waals surface area contributed by atoms with Crippen molar-refractivity contribution >= 4 is 33.2 Å². The molecule has 0 bridgehead atoms. The summed E-state index contributed by atoms with van der Waals surface area (Å²) in [6.45, 7) is 2.47. The average molecular weight is 314 g/mol. The molecule has 6 heteroatoms. The van der Waals surface area contributed by atoms with Crippen LogP contribution < -0.4 is 5.32 Å². The summed E-state index contributed by atoms with van der Waals surface area (Å²) >= 11 is 4.86. The van der Waals surface area contributed by atoms with Gasteiger partial charge >= 0.3 is 0 Å². The highest BCUT2D eigenvalue weighted by molar-refractivity contribution is 9.11. The van der Waals surface area contributed by atoms with E-state index in [9.17, 15) is 4.79 Å². The zero-order valence-corrected chi connectivity index (χ0v) is 11.9. The highest BCUT2D eigenvalue weighted by Gasteiger charge is 2.10. The molecule has 4 nitrogen and oxygen atoms in total. The molecular formula is C11H12BrN3OS. The number of amides is 1. The number of thiophene rings is 1. The van der Waals surface area contributed by atoms with Gasteiger partial charge in [0.25, 0.3) is 5.91 Å². The predicted octanol–water partition coefficient (Wildman–Crippen LogP) is 2.48. The van der Waals surface area contributed by atoms with Gasteiger partial charge in [-0.1, -0.05) is 0 Å². The van der Waals surface area contributed by atoms with Crippen LogP contribution in [0.2, 0.25) is 0 Å². The maximum absolute atomic E-state index is 11.8. The molecule has 0 aliphatic carbocycles. The van der Waals surface area contributed by atoms with Crippen molar-refractivity contribution in [1.82, 2.24) is 15.1 Å². The van der Waals surface area contributed by atoms with Crippen LogP contribution in [0.3, 0.4) is 0 Å². The number of halogens is 1. The zero-order chi connectivity index (χ0) is 12.4. The number of hydrogen-bond acceptors (Lipinski definition) is 3. The average Bonchev–Trinajstić information content (AvgIpc) is 2.83. The van der Waals surface area contributed by atoms with E-state index in [1.54, 1.807) is 10.9 Å². The second kappa shape index (κ2) is 5.01. The minimum absolute atomic E-state index is 0.0485. The number of hydrogen-bond donors (Lipinski definition) is 1. The molecule has 0 fully saturated rings. The molecule has 0 atom stereocenters. The van der Waals surface area contributed by atoms with Crippen molar-refractivity contribution in [1.29, 1.82) is 0 Å². The standard InChI is InChI=1S/C11H12BrN3OS/c1-7-3-9(17-10(7)12)11(16)13-4-8-5-14-15(2)6-8/h3,5-6H,4H2,1-2H3,(H,13,16). The topological polar surface area (TPSA) is 46.9 Å². The maximum atomic E-state index is 11.8. The van der Waals surface area contributed by atoms with Crippen LogP contribution >= 0.6 is 27.3 Å². The number of aryl methyl sites for hydroxylation is 2. The van der Waals surface area contributed by atoms with Crippen molar-refractivity contribution in [2.24, 2.45) is 7.05 Å². The lowest BCUT2D eigenvalue weighted by Crippen LogP contribution is -2.21. The van der Waals surface area contributed by atoms with Crippen LogP contribution in [0.15, 0.2) is 22.2 Å². The number of carbonyl (C=O) groups excluding carboxylic acids is 1. The van der Waals surface area contributed by atoms with Crippen LogP contribution in [0, 0.1) is 6.92 Å². The van der Waals surface area contributed by atoms with Gasteiger partial charge in [-0.3, -0.25) is 9.48 Å². The van der Waals surface area contributed by atoms with E-state index >= 15 is 0 Å². The van der Waals surface area contributed by atoms with Gasteiger partial charge in [-0.05, 0) is 34.5 Å². The fourth-order valence-corrected chi connectivity index (χ4v) is 2.86. The van der Waals surface area contributed by atoms with Gasteiger partial charge < -0.3 is 5.32 Å². The van der Waals surface area contributed by atoms with Gasteiger partial charge in [0.1, 0.15) is 0 Å². The van der Waals surface area contributed by atoms with Gasteiger partial charge in [0.2, 0.25) is 0 Å². The molecule has 2 aromatic rings. The second-order valence-electron chi connectivity index (χ2n) is 3.77. The van der Waals surface area contributed by atoms with Crippen LogP contribution in [0.5, 0.6) is 0 Å². The van der Waals surface area contributed by atoms with Crippen molar-refractivity contribution in [3.63, 3.8) is 0 Å². The minimum atomic E-state index is -0.0485. The van der Waals surface area contributed by atoms with Crippen molar-refractivity contribution in [2.45, 2.75) is 13.5 Å². The first-order chi connectivity index (χ1) is 8.06. The lowest BCUT2D eigenvalue weighted by molar-refractivity contribution is 0.0955. The molecule has 0 radical (unpaired) electrons. The molecule has 1 N–H and O–H groups in total. The quantitative estimate of drug-likeness (QED) is 0.946. The Bertz CT molecular complexity index is 527. The maximum Gasteiger partial charge on any atom is 0.261 e. The van der Waals surface area contributed by atoms with Crippen LogP contribution in [0.1, 0.15) is 20.8 Å². The van der Waals surface area contributed by atoms with Crippen LogP contribution in [0.4, 0.5) is 0 Å². The van der Waals surface area contributed by atoms with Crippen molar-refractivity contribution in [2.75, 3.05) is 0 Å². The molecule has 0 unspecified atom stereocenters. The van der Waals surface area contributed by atoms with Crippen LogP contribution in [-0.2, 0) is 13.6 Å². The number of nitrogens with zero attached hydrogens (tertiary/aromatic N) is 2. The fraction of sp³-hybridized carbons (Fsp3) is 0.273. The van der Waals surface area contributed by atoms with Crippen molar-refractivity contribution < 1.29 is 4.79 Å². The molecule has 0 saturated carbocycles. The Balaban J connectivity index is 1.98. The van der Waals surface area contributed by atoms with Crippen molar-refractivity contribution in [3.05, 3.63) is 38.3 Å². The normalized spacial score (nSPS) is 10.5. The number of nitrogens with one attached hydrogen (secondary N) is 1. The Hall–Kier alpha value is -1.14. The molecule has 17 heavy (non-hydrogen) atoms. The molecule has 0 spiro atoms. The van der Waals surface area contributed by atoms with Gasteiger partial charge in [0.05, 0.1) is 14.9 Å². The number of aromatic nitrogens is 2. The molecule has 2 heterocycles. The Morgan fingerprint density at radius 2 is 2.41 bits per heavy atom. The van der Waals surface area contributed by atoms with Gasteiger partial charge in [0.15, 0.2) is 0 Å². The Morgan fingerprint density at radius 1 is 1.65 bits per heavy atom. The van der Waals surface area contributed by atoms with E-state index in [1.165, 1.54) is 11.3 Å². The van der Waals surface area contributed by atoms with Crippen molar-refractivity contribution in [3.8, 4) is 0 Å². The Labute approximate surface area is 112 Å². The highest BCUT2D eigenvalue weighted by atomic mass is 79.9. The molecular weight excluding hydrogens is 302 g/mol. The van der Waals surface area contributed by atoms with Gasteiger partial charge in [-0.2, -0.15) is 5.10 Å². The Morgan fingerprint density at radius 3 is 2.94 bits per heavy atom. The third kappa shape index (κ3) is 2.95. The van der Waals surface area contributed by atoms with Crippen LogP contribution in [-0.4, -0.2) is 15.7 Å². The molecule has 0 aliphatic rings. The molecule has 2 rings (SSSR count). The number of carbonyl (C=O) groups is 1. The van der Waals surface area contributed by atoms with E-state index < -0.39 is 0 Å². The summed E-state index contributed by atoms with van der Waals surface area (Å²) < 4.78 is 2.72. The highest BCUT2D eigenvalue weighted by Crippen LogP contribution is 2.27. The lowest BCUT2D eigenvalue weighted by Gasteiger charge is -2.00. The zero-order valence-electron chi connectivity index (χ0n) is 9.53. The lowest BCUT2D eigenvalue weighted by atomic mass is 10.3. The summed E-state index contributed by atoms with van der Waals surface area (Å²) in [5.74, 6) is -0.0485. The first-order valence-electron chi connectivity index (χ1n) is 5.08. The van der Waals surface area contributed by atoms with Gasteiger partial charge in [-0.25, -0.2) is 0 Å². The fourth-order valence-electron chi connectivity index (χ4n) is 1.40. The third-order valence-corrected chi connectivity index (χ3v) is 4.43. The number of rotatable bonds is 3. The monoisotopic (exact) mass is 313 g/mol. The van der Waals surface area contributed by atoms with Crippen LogP contribution in [0.25, 0.3) is 0 Å². The summed E-state index contributed by atoms with van der Waals surface area (Å²) in [5.41, 5.74) is 2.08. The summed E-state index contributed by atoms with van der Waals surface area (Å²) in [6, 6.07) is 1.88. The molecule has 0 saturated heterocycles. The Kier molecular flexibility index (Phi) is 3.63. The minimum Gasteiger partial charge on any atom is -0.347 e. The van der Waals surface area contributed by atoms with Gasteiger partial charge in [0, 0.05) is 25.4 Å². The van der Waals surface area contributed by atoms with E-state index in [0.717, 1.165) is 19.8 Å². The molecule has 0 aliphatic heterocycles. The van der Waals surface area contributed by atoms with E-state index in [4.69, 9.17) is 0 Å².